The van der Waals surface area contributed by atoms with Crippen LogP contribution in [0.1, 0.15) is 91.8 Å². The van der Waals surface area contributed by atoms with Crippen LogP contribution in [0.4, 0.5) is 33.3 Å². The average Bonchev–Trinajstić information content (AvgIpc) is 3.18. The van der Waals surface area contributed by atoms with Crippen LogP contribution < -0.4 is 9.80 Å². The van der Waals surface area contributed by atoms with Crippen LogP contribution in [0, 0.1) is 40.7 Å². The summed E-state index contributed by atoms with van der Waals surface area (Å²) in [6.45, 7) is 11.6. The fourth-order valence-electron chi connectivity index (χ4n) is 5.24. The van der Waals surface area contributed by atoms with E-state index in [1.54, 1.807) is 47.6 Å². The largest absolute Gasteiger partial charge is 0.416 e. The number of nitrogens with zero attached hydrogens (tertiary/aromatic N) is 3. The highest BCUT2D eigenvalue weighted by atomic mass is 32.1. The summed E-state index contributed by atoms with van der Waals surface area (Å²) >= 11 is 5.51. The van der Waals surface area contributed by atoms with Gasteiger partial charge < -0.3 is 4.90 Å². The van der Waals surface area contributed by atoms with Gasteiger partial charge in [0.1, 0.15) is 17.5 Å². The monoisotopic (exact) mass is 684 g/mol. The van der Waals surface area contributed by atoms with Crippen LogP contribution >= 0.6 is 12.2 Å². The molecule has 0 unspecified atom stereocenters. The van der Waals surface area contributed by atoms with Gasteiger partial charge in [0, 0.05) is 18.5 Å². The number of anilines is 2. The van der Waals surface area contributed by atoms with Gasteiger partial charge in [-0.05, 0) is 107 Å². The van der Waals surface area contributed by atoms with Crippen molar-refractivity contribution in [2.45, 2.75) is 79.4 Å². The van der Waals surface area contributed by atoms with Crippen molar-refractivity contribution < 1.29 is 31.5 Å². The maximum absolute atomic E-state index is 14.6. The zero-order chi connectivity index (χ0) is 36.4. The summed E-state index contributed by atoms with van der Waals surface area (Å²) in [4.78, 5) is 26.0. The molecule has 0 amide bonds. The topological polar surface area (TPSA) is 88.3 Å². The SMILES string of the molecule is CCC(=O)c1ccc(CC(C)(C)C#N)cc1F.CCC(=O)c1ccc(N2C(=S)N(c3ccc(C)c(C(F)(F)F)c3)C(=N)C2(C)C)cc1F. The Morgan fingerprint density at radius 3 is 1.90 bits per heavy atom. The molecule has 12 heteroatoms. The van der Waals surface area contributed by atoms with E-state index in [1.807, 2.05) is 0 Å². The van der Waals surface area contributed by atoms with Crippen molar-refractivity contribution in [2.75, 3.05) is 9.80 Å². The summed E-state index contributed by atoms with van der Waals surface area (Å²) in [6, 6.07) is 14.5. The van der Waals surface area contributed by atoms with Gasteiger partial charge in [0.25, 0.3) is 0 Å². The number of Topliss-reactive ketones (excluding diaryl/α,β-unsaturated/α-hetero) is 2. The van der Waals surface area contributed by atoms with Crippen molar-refractivity contribution in [3.05, 3.63) is 94.0 Å². The van der Waals surface area contributed by atoms with Crippen LogP contribution in [0.5, 0.6) is 0 Å². The third-order valence-electron chi connectivity index (χ3n) is 7.97. The van der Waals surface area contributed by atoms with E-state index in [9.17, 15) is 31.5 Å². The quantitative estimate of drug-likeness (QED) is 0.144. The number of aryl methyl sites for hydroxylation is 1. The average molecular weight is 685 g/mol. The molecule has 1 fully saturated rings. The number of benzene rings is 3. The number of ketones is 2. The molecule has 4 rings (SSSR count). The Balaban J connectivity index is 0.000000311. The van der Waals surface area contributed by atoms with Gasteiger partial charge in [0.15, 0.2) is 16.7 Å². The van der Waals surface area contributed by atoms with Gasteiger partial charge in [-0.2, -0.15) is 18.4 Å². The number of nitriles is 1. The van der Waals surface area contributed by atoms with E-state index in [2.05, 4.69) is 6.07 Å². The van der Waals surface area contributed by atoms with Gasteiger partial charge >= 0.3 is 6.18 Å². The van der Waals surface area contributed by atoms with E-state index in [1.165, 1.54) is 53.1 Å². The molecule has 1 aliphatic rings. The Kier molecular flexibility index (Phi) is 11.3. The molecule has 0 spiro atoms. The highest BCUT2D eigenvalue weighted by molar-refractivity contribution is 7.81. The van der Waals surface area contributed by atoms with E-state index < -0.39 is 34.3 Å². The smallest absolute Gasteiger partial charge is 0.305 e. The summed E-state index contributed by atoms with van der Waals surface area (Å²) in [7, 11) is 0. The van der Waals surface area contributed by atoms with Crippen LogP contribution in [0.2, 0.25) is 0 Å². The fraction of sp³-hybridized carbons (Fsp3) is 0.361. The lowest BCUT2D eigenvalue weighted by atomic mass is 9.87. The first-order chi connectivity index (χ1) is 22.2. The molecule has 0 aliphatic carbocycles. The van der Waals surface area contributed by atoms with E-state index in [4.69, 9.17) is 22.9 Å². The van der Waals surface area contributed by atoms with Crippen LogP contribution in [0.3, 0.4) is 0 Å². The summed E-state index contributed by atoms with van der Waals surface area (Å²) in [5.41, 5.74) is -1.13. The maximum atomic E-state index is 14.6. The number of alkyl halides is 3. The number of nitrogens with one attached hydrogen (secondary N) is 1. The Labute approximate surface area is 282 Å². The number of hydrogen-bond acceptors (Lipinski definition) is 5. The minimum atomic E-state index is -4.55. The highest BCUT2D eigenvalue weighted by Crippen LogP contribution is 2.40. The van der Waals surface area contributed by atoms with Crippen LogP contribution in [0.15, 0.2) is 54.6 Å². The molecule has 6 nitrogen and oxygen atoms in total. The first-order valence-electron chi connectivity index (χ1n) is 15.2. The van der Waals surface area contributed by atoms with Gasteiger partial charge in [-0.3, -0.25) is 19.9 Å². The third kappa shape index (κ3) is 7.96. The van der Waals surface area contributed by atoms with Crippen molar-refractivity contribution in [3.63, 3.8) is 0 Å². The van der Waals surface area contributed by atoms with Gasteiger partial charge in [-0.25, -0.2) is 8.78 Å². The molecule has 0 saturated carbocycles. The molecule has 48 heavy (non-hydrogen) atoms. The van der Waals surface area contributed by atoms with E-state index in [0.29, 0.717) is 18.5 Å². The van der Waals surface area contributed by atoms with Crippen molar-refractivity contribution >= 4 is 46.1 Å². The zero-order valence-corrected chi connectivity index (χ0v) is 28.6. The van der Waals surface area contributed by atoms with Crippen molar-refractivity contribution in [2.24, 2.45) is 5.41 Å². The first kappa shape index (κ1) is 38.0. The Bertz CT molecular complexity index is 1810. The molecule has 0 radical (unpaired) electrons. The molecule has 1 heterocycles. The van der Waals surface area contributed by atoms with Gasteiger partial charge in [-0.1, -0.05) is 26.0 Å². The van der Waals surface area contributed by atoms with E-state index >= 15 is 0 Å². The second kappa shape index (κ2) is 14.3. The van der Waals surface area contributed by atoms with E-state index in [-0.39, 0.29) is 51.3 Å². The molecule has 3 aromatic carbocycles. The number of hydrogen-bond donors (Lipinski definition) is 1. The lowest BCUT2D eigenvalue weighted by molar-refractivity contribution is -0.138. The molecule has 0 atom stereocenters. The predicted molar refractivity (Wildman–Crippen MR) is 181 cm³/mol. The van der Waals surface area contributed by atoms with Gasteiger partial charge in [0.2, 0.25) is 0 Å². The van der Waals surface area contributed by atoms with Crippen LogP contribution in [-0.4, -0.2) is 28.1 Å². The number of amidine groups is 1. The Hall–Kier alpha value is -4.50. The molecule has 0 aromatic heterocycles. The van der Waals surface area contributed by atoms with Gasteiger partial charge in [0.05, 0.1) is 39.4 Å². The lowest BCUT2D eigenvalue weighted by Gasteiger charge is -2.30. The van der Waals surface area contributed by atoms with Crippen LogP contribution in [-0.2, 0) is 12.6 Å². The van der Waals surface area contributed by atoms with Crippen LogP contribution in [0.25, 0.3) is 0 Å². The number of carbonyl (C=O) groups excluding carboxylic acids is 2. The van der Waals surface area contributed by atoms with Crippen molar-refractivity contribution in [3.8, 4) is 6.07 Å². The third-order valence-corrected chi connectivity index (χ3v) is 8.33. The molecule has 254 valence electrons. The first-order valence-corrected chi connectivity index (χ1v) is 15.6. The molecular weight excluding hydrogens is 647 g/mol. The summed E-state index contributed by atoms with van der Waals surface area (Å²) < 4.78 is 68.4. The standard InChI is InChI=1S/C22H21F4N3OS.C14H16FNO/c1-5-18(30)15-9-8-14(11-17(15)23)29-20(31)28(19(27)21(29,3)4)13-7-6-12(2)16(10-13)22(24,25)26;1-4-13(17)11-6-5-10(7-12(11)15)8-14(2,3)9-16/h6-11,27H,5H2,1-4H3;5-7H,4,8H2,1-3H3. The predicted octanol–water partition coefficient (Wildman–Crippen LogP) is 9.62. The highest BCUT2D eigenvalue weighted by Gasteiger charge is 2.48. The molecular formula is C36H37F5N4O2S. The van der Waals surface area contributed by atoms with E-state index in [0.717, 1.165) is 17.7 Å². The number of carbonyl (C=O) groups is 2. The second-order valence-corrected chi connectivity index (χ2v) is 12.9. The minimum Gasteiger partial charge on any atom is -0.305 e. The lowest BCUT2D eigenvalue weighted by Crippen LogP contribution is -2.44. The normalized spacial score (nSPS) is 14.4. The summed E-state index contributed by atoms with van der Waals surface area (Å²) in [5.74, 6) is -1.82. The zero-order valence-electron chi connectivity index (χ0n) is 27.8. The Morgan fingerprint density at radius 1 is 0.896 bits per heavy atom. The summed E-state index contributed by atoms with van der Waals surface area (Å²) in [6.07, 6.45) is -3.64. The maximum Gasteiger partial charge on any atom is 0.416 e. The molecule has 1 N–H and O–H groups in total. The molecule has 3 aromatic rings. The molecule has 1 saturated heterocycles. The number of halogens is 5. The number of rotatable bonds is 8. The molecule has 0 bridgehead atoms. The number of thiocarbonyl (C=S) groups is 1. The minimum absolute atomic E-state index is 0.0425. The summed E-state index contributed by atoms with van der Waals surface area (Å²) in [5, 5.41) is 17.5. The second-order valence-electron chi connectivity index (χ2n) is 12.6. The molecule has 1 aliphatic heterocycles. The Morgan fingerprint density at radius 2 is 1.42 bits per heavy atom. The fourth-order valence-corrected chi connectivity index (χ4v) is 5.77. The van der Waals surface area contributed by atoms with Gasteiger partial charge in [-0.15, -0.1) is 0 Å². The van der Waals surface area contributed by atoms with Crippen molar-refractivity contribution in [1.82, 2.24) is 0 Å². The van der Waals surface area contributed by atoms with Crippen molar-refractivity contribution in [1.29, 1.82) is 10.7 Å².